The summed E-state index contributed by atoms with van der Waals surface area (Å²) >= 11 is 0. The van der Waals surface area contributed by atoms with E-state index in [1.54, 1.807) is 0 Å². The minimum atomic E-state index is -1.36. The Labute approximate surface area is 89.0 Å². The highest BCUT2D eigenvalue weighted by molar-refractivity contribution is 7.85. The minimum absolute atomic E-state index is 0.256. The molecule has 0 bridgehead atoms. The molecule has 0 heterocycles. The maximum Gasteiger partial charge on any atom is 0.160 e. The zero-order chi connectivity index (χ0) is 11.3. The van der Waals surface area contributed by atoms with Gasteiger partial charge in [0.15, 0.2) is 11.6 Å². The van der Waals surface area contributed by atoms with Crippen molar-refractivity contribution in [2.75, 3.05) is 5.75 Å². The number of nitrogens with zero attached hydrogens (tertiary/aromatic N) is 1. The lowest BCUT2D eigenvalue weighted by molar-refractivity contribution is 0.505. The van der Waals surface area contributed by atoms with Crippen molar-refractivity contribution in [3.8, 4) is 6.07 Å². The minimum Gasteiger partial charge on any atom is -0.254 e. The predicted octanol–water partition coefficient (Wildman–Crippen LogP) is 2.38. The average Bonchev–Trinajstić information content (AvgIpc) is 2.22. The molecule has 5 heteroatoms. The Morgan fingerprint density at radius 2 is 2.07 bits per heavy atom. The highest BCUT2D eigenvalue weighted by Crippen LogP contribution is 2.13. The van der Waals surface area contributed by atoms with Gasteiger partial charge in [-0.25, -0.2) is 8.78 Å². The molecule has 0 spiro atoms. The summed E-state index contributed by atoms with van der Waals surface area (Å²) in [5.41, 5.74) is 0. The number of benzene rings is 1. The molecule has 0 aliphatic carbocycles. The number of halogens is 2. The highest BCUT2D eigenvalue weighted by Gasteiger charge is 2.07. The van der Waals surface area contributed by atoms with E-state index in [2.05, 4.69) is 0 Å². The summed E-state index contributed by atoms with van der Waals surface area (Å²) in [6, 6.07) is 5.10. The first-order valence-electron chi connectivity index (χ1n) is 4.35. The Kier molecular flexibility index (Phi) is 4.37. The van der Waals surface area contributed by atoms with Crippen LogP contribution in [0.1, 0.15) is 12.8 Å². The molecule has 1 unspecified atom stereocenters. The average molecular weight is 229 g/mol. The van der Waals surface area contributed by atoms with Gasteiger partial charge in [-0.15, -0.1) is 0 Å². The van der Waals surface area contributed by atoms with Gasteiger partial charge in [0.1, 0.15) is 0 Å². The van der Waals surface area contributed by atoms with Crippen LogP contribution < -0.4 is 0 Å². The molecule has 0 aliphatic heterocycles. The van der Waals surface area contributed by atoms with E-state index in [1.807, 2.05) is 6.07 Å². The van der Waals surface area contributed by atoms with Gasteiger partial charge in [0, 0.05) is 17.1 Å². The van der Waals surface area contributed by atoms with E-state index in [0.29, 0.717) is 18.6 Å². The third-order valence-electron chi connectivity index (χ3n) is 1.77. The summed E-state index contributed by atoms with van der Waals surface area (Å²) in [4.78, 5) is 0.256. The van der Waals surface area contributed by atoms with E-state index in [0.717, 1.165) is 12.1 Å². The zero-order valence-corrected chi connectivity index (χ0v) is 8.69. The second-order valence-electron chi connectivity index (χ2n) is 2.89. The van der Waals surface area contributed by atoms with Crippen LogP contribution in [0, 0.1) is 23.0 Å². The molecular weight excluding hydrogens is 220 g/mol. The number of hydrogen-bond donors (Lipinski definition) is 0. The van der Waals surface area contributed by atoms with Gasteiger partial charge in [0.05, 0.1) is 16.9 Å². The van der Waals surface area contributed by atoms with Crippen molar-refractivity contribution in [2.24, 2.45) is 0 Å². The van der Waals surface area contributed by atoms with Crippen LogP contribution in [-0.2, 0) is 10.8 Å². The number of rotatable bonds is 4. The van der Waals surface area contributed by atoms with Gasteiger partial charge < -0.3 is 0 Å². The van der Waals surface area contributed by atoms with Crippen LogP contribution in [0.3, 0.4) is 0 Å². The first-order valence-corrected chi connectivity index (χ1v) is 5.67. The topological polar surface area (TPSA) is 40.9 Å². The predicted molar refractivity (Wildman–Crippen MR) is 52.5 cm³/mol. The molecule has 0 amide bonds. The van der Waals surface area contributed by atoms with Crippen LogP contribution in [0.2, 0.25) is 0 Å². The Hall–Kier alpha value is -1.28. The van der Waals surface area contributed by atoms with Gasteiger partial charge in [-0.1, -0.05) is 0 Å². The number of nitriles is 1. The first-order chi connectivity index (χ1) is 7.15. The molecule has 1 atom stereocenters. The van der Waals surface area contributed by atoms with E-state index in [4.69, 9.17) is 5.26 Å². The summed E-state index contributed by atoms with van der Waals surface area (Å²) in [6.07, 6.45) is 0.803. The third-order valence-corrected chi connectivity index (χ3v) is 3.21. The molecule has 1 rings (SSSR count). The van der Waals surface area contributed by atoms with Gasteiger partial charge in [-0.05, 0) is 24.6 Å². The number of unbranched alkanes of at least 4 members (excludes halogenated alkanes) is 1. The molecule has 0 aromatic heterocycles. The molecule has 1 aromatic carbocycles. The van der Waals surface area contributed by atoms with Crippen LogP contribution in [-0.4, -0.2) is 9.96 Å². The van der Waals surface area contributed by atoms with Crippen LogP contribution >= 0.6 is 0 Å². The maximum absolute atomic E-state index is 12.8. The zero-order valence-electron chi connectivity index (χ0n) is 7.87. The van der Waals surface area contributed by atoms with E-state index in [1.165, 1.54) is 6.07 Å². The number of hydrogen-bond acceptors (Lipinski definition) is 2. The van der Waals surface area contributed by atoms with Crippen molar-refractivity contribution in [1.29, 1.82) is 5.26 Å². The highest BCUT2D eigenvalue weighted by atomic mass is 32.2. The smallest absolute Gasteiger partial charge is 0.160 e. The Bertz CT molecular complexity index is 414. The molecule has 0 fully saturated rings. The first kappa shape index (κ1) is 11.8. The van der Waals surface area contributed by atoms with Crippen LogP contribution in [0.5, 0.6) is 0 Å². The van der Waals surface area contributed by atoms with Gasteiger partial charge in [-0.3, -0.25) is 4.21 Å². The Balaban J connectivity index is 2.67. The Morgan fingerprint density at radius 1 is 1.33 bits per heavy atom. The quantitative estimate of drug-likeness (QED) is 0.744. The summed E-state index contributed by atoms with van der Waals surface area (Å²) in [5.74, 6) is -1.66. The standard InChI is InChI=1S/C10H9F2NOS/c11-9-4-3-8(7-10(9)12)15(14)6-2-1-5-13/h3-4,7H,1-2,6H2. The largest absolute Gasteiger partial charge is 0.254 e. The molecule has 0 aliphatic rings. The van der Waals surface area contributed by atoms with Crippen molar-refractivity contribution in [3.05, 3.63) is 29.8 Å². The monoisotopic (exact) mass is 229 g/mol. The third kappa shape index (κ3) is 3.40. The fourth-order valence-electron chi connectivity index (χ4n) is 1.02. The van der Waals surface area contributed by atoms with Gasteiger partial charge in [0.2, 0.25) is 0 Å². The van der Waals surface area contributed by atoms with Crippen molar-refractivity contribution < 1.29 is 13.0 Å². The van der Waals surface area contributed by atoms with Crippen LogP contribution in [0.25, 0.3) is 0 Å². The van der Waals surface area contributed by atoms with Gasteiger partial charge in [0.25, 0.3) is 0 Å². The molecule has 0 saturated heterocycles. The summed E-state index contributed by atoms with van der Waals surface area (Å²) in [7, 11) is -1.36. The van der Waals surface area contributed by atoms with Crippen molar-refractivity contribution in [2.45, 2.75) is 17.7 Å². The molecule has 80 valence electrons. The second kappa shape index (κ2) is 5.56. The molecule has 15 heavy (non-hydrogen) atoms. The molecule has 1 aromatic rings. The van der Waals surface area contributed by atoms with E-state index in [-0.39, 0.29) is 4.90 Å². The van der Waals surface area contributed by atoms with Crippen LogP contribution in [0.15, 0.2) is 23.1 Å². The van der Waals surface area contributed by atoms with Crippen molar-refractivity contribution in [3.63, 3.8) is 0 Å². The molecule has 0 radical (unpaired) electrons. The maximum atomic E-state index is 12.8. The summed E-state index contributed by atoms with van der Waals surface area (Å²) in [5, 5.41) is 8.27. The Morgan fingerprint density at radius 3 is 2.67 bits per heavy atom. The van der Waals surface area contributed by atoms with Gasteiger partial charge in [-0.2, -0.15) is 5.26 Å². The lowest BCUT2D eigenvalue weighted by Gasteiger charge is -2.01. The van der Waals surface area contributed by atoms with E-state index in [9.17, 15) is 13.0 Å². The van der Waals surface area contributed by atoms with Crippen LogP contribution in [0.4, 0.5) is 8.78 Å². The molecule has 2 nitrogen and oxygen atoms in total. The SMILES string of the molecule is N#CCCCS(=O)c1ccc(F)c(F)c1. The van der Waals surface area contributed by atoms with Crippen molar-refractivity contribution in [1.82, 2.24) is 0 Å². The lowest BCUT2D eigenvalue weighted by atomic mass is 10.3. The fraction of sp³-hybridized carbons (Fsp3) is 0.300. The molecular formula is C10H9F2NOS. The fourth-order valence-corrected chi connectivity index (χ4v) is 2.12. The van der Waals surface area contributed by atoms with Crippen molar-refractivity contribution >= 4 is 10.8 Å². The van der Waals surface area contributed by atoms with E-state index < -0.39 is 22.4 Å². The summed E-state index contributed by atoms with van der Waals surface area (Å²) in [6.45, 7) is 0. The summed E-state index contributed by atoms with van der Waals surface area (Å²) < 4.78 is 36.8. The lowest BCUT2D eigenvalue weighted by Crippen LogP contribution is -1.99. The normalized spacial score (nSPS) is 12.1. The van der Waals surface area contributed by atoms with Gasteiger partial charge >= 0.3 is 0 Å². The molecule has 0 N–H and O–H groups in total. The second-order valence-corrected chi connectivity index (χ2v) is 4.46. The van der Waals surface area contributed by atoms with E-state index >= 15 is 0 Å². The molecule has 0 saturated carbocycles.